The van der Waals surface area contributed by atoms with E-state index in [2.05, 4.69) is 27.7 Å². The van der Waals surface area contributed by atoms with Crippen LogP contribution in [0.5, 0.6) is 0 Å². The van der Waals surface area contributed by atoms with Crippen LogP contribution in [-0.4, -0.2) is 10.5 Å². The van der Waals surface area contributed by atoms with Gasteiger partial charge in [0, 0.05) is 10.5 Å². The predicted molar refractivity (Wildman–Crippen MR) is 59.7 cm³/mol. The largest absolute Gasteiger partial charge is 0.116 e. The zero-order valence-corrected chi connectivity index (χ0v) is 10.1. The summed E-state index contributed by atoms with van der Waals surface area (Å²) in [7, 11) is 3.78. The first-order valence-electron chi connectivity index (χ1n) is 3.28. The van der Waals surface area contributed by atoms with Gasteiger partial charge in [-0.1, -0.05) is 27.7 Å². The van der Waals surface area contributed by atoms with E-state index in [1.165, 1.54) is 8.88 Å². The Morgan fingerprint density at radius 2 is 1.50 bits per heavy atom. The number of rotatable bonds is 2. The zero-order valence-electron chi connectivity index (χ0n) is 6.79. The molecule has 62 valence electrons. The lowest BCUT2D eigenvalue weighted by molar-refractivity contribution is 1.04. The van der Waals surface area contributed by atoms with E-state index in [0.29, 0.717) is 9.45 Å². The molecule has 0 nitrogen and oxygen atoms in total. The fraction of sp³-hybridized carbons (Fsp3) is 1.00. The van der Waals surface area contributed by atoms with Gasteiger partial charge in [0.2, 0.25) is 0 Å². The fourth-order valence-electron chi connectivity index (χ4n) is 0.734. The van der Waals surface area contributed by atoms with Crippen molar-refractivity contribution >= 4 is 38.4 Å². The summed E-state index contributed by atoms with van der Waals surface area (Å²) in [6.07, 6.45) is 0. The second kappa shape index (κ2) is 5.63. The van der Waals surface area contributed by atoms with E-state index >= 15 is 0 Å². The van der Waals surface area contributed by atoms with Crippen molar-refractivity contribution in [1.29, 1.82) is 0 Å². The second-order valence-corrected chi connectivity index (χ2v) is 9.80. The fourth-order valence-corrected chi connectivity index (χ4v) is 8.47. The van der Waals surface area contributed by atoms with Crippen LogP contribution in [0.3, 0.4) is 0 Å². The third-order valence-electron chi connectivity index (χ3n) is 1.04. The molecule has 0 aromatic heterocycles. The molecule has 0 spiro atoms. The van der Waals surface area contributed by atoms with Crippen LogP contribution in [-0.2, 0) is 38.4 Å². The van der Waals surface area contributed by atoms with Gasteiger partial charge in [-0.25, -0.2) is 0 Å². The molecule has 0 unspecified atom stereocenters. The highest BCUT2D eigenvalue weighted by molar-refractivity contribution is 8.58. The molecule has 0 aromatic carbocycles. The lowest BCUT2D eigenvalue weighted by atomic mass is 10.6. The molecule has 0 atom stereocenters. The van der Waals surface area contributed by atoms with E-state index in [1.807, 2.05) is 8.88 Å². The van der Waals surface area contributed by atoms with E-state index in [9.17, 15) is 0 Å². The Balaban J connectivity index is 4.60. The first-order valence-corrected chi connectivity index (χ1v) is 8.22. The van der Waals surface area contributed by atoms with Crippen molar-refractivity contribution in [2.45, 2.75) is 38.2 Å². The maximum Gasteiger partial charge on any atom is 0.00394 e. The van der Waals surface area contributed by atoms with Gasteiger partial charge in [-0.3, -0.25) is 0 Å². The summed E-state index contributed by atoms with van der Waals surface area (Å²) in [6.45, 7) is 9.06. The summed E-state index contributed by atoms with van der Waals surface area (Å²) >= 11 is 4.85. The van der Waals surface area contributed by atoms with Crippen LogP contribution >= 0.6 is 0 Å². The summed E-state index contributed by atoms with van der Waals surface area (Å²) in [6, 6.07) is 0. The molecule has 0 bridgehead atoms. The highest BCUT2D eigenvalue weighted by Crippen LogP contribution is 2.02. The van der Waals surface area contributed by atoms with Gasteiger partial charge < -0.3 is 0 Å². The van der Waals surface area contributed by atoms with E-state index in [0.717, 1.165) is 10.5 Å². The van der Waals surface area contributed by atoms with E-state index in [1.54, 1.807) is 0 Å². The average molecular weight is 214 g/mol. The molecule has 0 amide bonds. The monoisotopic (exact) mass is 214 g/mol. The Labute approximate surface area is 76.4 Å². The molecule has 0 N–H and O–H groups in total. The van der Waals surface area contributed by atoms with Gasteiger partial charge >= 0.3 is 0 Å². The van der Waals surface area contributed by atoms with Gasteiger partial charge in [0.25, 0.3) is 0 Å². The van der Waals surface area contributed by atoms with Crippen molar-refractivity contribution in [2.24, 2.45) is 0 Å². The Bertz CT molecular complexity index is 172. The molecule has 4 heteroatoms. The Hall–Kier alpha value is 1.01. The quantitative estimate of drug-likeness (QED) is 0.676. The highest BCUT2D eigenvalue weighted by Gasteiger charge is 2.04. The minimum Gasteiger partial charge on any atom is -0.116 e. The van der Waals surface area contributed by atoms with E-state index in [4.69, 9.17) is 11.2 Å². The van der Waals surface area contributed by atoms with Crippen molar-refractivity contribution in [3.05, 3.63) is 0 Å². The predicted octanol–water partition coefficient (Wildman–Crippen LogP) is 1.88. The van der Waals surface area contributed by atoms with Crippen molar-refractivity contribution in [1.82, 2.24) is 0 Å². The van der Waals surface area contributed by atoms with Crippen molar-refractivity contribution in [3.63, 3.8) is 0 Å². The van der Waals surface area contributed by atoms with E-state index < -0.39 is 0 Å². The van der Waals surface area contributed by atoms with Crippen LogP contribution in [0, 0.1) is 0 Å². The lowest BCUT2D eigenvalue weighted by Crippen LogP contribution is -2.14. The molecular weight excluding hydrogens is 200 g/mol. The molecule has 0 radical (unpaired) electrons. The summed E-state index contributed by atoms with van der Waals surface area (Å²) < 4.78 is 0. The molecule has 0 aliphatic rings. The van der Waals surface area contributed by atoms with Crippen molar-refractivity contribution in [2.75, 3.05) is 0 Å². The van der Waals surface area contributed by atoms with Gasteiger partial charge in [0.05, 0.1) is 0 Å². The molecule has 10 heavy (non-hydrogen) atoms. The molecule has 0 rings (SSSR count). The molecule has 0 aliphatic carbocycles. The number of hydrogen-bond donors (Lipinski definition) is 0. The molecule has 0 aliphatic heterocycles. The SMILES string of the molecule is CC(C)S(=S=S=S)C(C)C. The summed E-state index contributed by atoms with van der Waals surface area (Å²) in [5.41, 5.74) is 0. The second-order valence-electron chi connectivity index (χ2n) is 2.56. The Morgan fingerprint density at radius 1 is 1.10 bits per heavy atom. The first kappa shape index (κ1) is 11.0. The Kier molecular flexibility index (Phi) is 6.20. The summed E-state index contributed by atoms with van der Waals surface area (Å²) in [5, 5.41) is 1.53. The van der Waals surface area contributed by atoms with E-state index in [-0.39, 0.29) is 0 Å². The van der Waals surface area contributed by atoms with Gasteiger partial charge in [-0.15, -0.1) is 9.45 Å². The highest BCUT2D eigenvalue weighted by atomic mass is 33.2. The van der Waals surface area contributed by atoms with Crippen LogP contribution in [0.25, 0.3) is 0 Å². The maximum absolute atomic E-state index is 4.85. The standard InChI is InChI=1S/C6H14S4/c1-5(2)10(6(3)4)9-8-7/h5-6H,1-4H3. The number of hydrogen-bond acceptors (Lipinski definition) is 1. The average Bonchev–Trinajstić information content (AvgIpc) is 1.81. The van der Waals surface area contributed by atoms with Crippen LogP contribution in [0.15, 0.2) is 0 Å². The van der Waals surface area contributed by atoms with Crippen LogP contribution in [0.4, 0.5) is 0 Å². The van der Waals surface area contributed by atoms with Crippen LogP contribution in [0.1, 0.15) is 27.7 Å². The normalized spacial score (nSPS) is 11.1. The molecule has 0 saturated heterocycles. The maximum atomic E-state index is 4.85. The van der Waals surface area contributed by atoms with Gasteiger partial charge in [0.1, 0.15) is 0 Å². The first-order chi connectivity index (χ1) is 4.59. The minimum atomic E-state index is 0.448. The van der Waals surface area contributed by atoms with Gasteiger partial charge in [-0.05, 0) is 28.9 Å². The summed E-state index contributed by atoms with van der Waals surface area (Å²) in [5.74, 6) is 0. The van der Waals surface area contributed by atoms with Crippen molar-refractivity contribution < 1.29 is 0 Å². The zero-order chi connectivity index (χ0) is 8.15. The smallest absolute Gasteiger partial charge is 0.00394 e. The topological polar surface area (TPSA) is 0 Å². The molecule has 0 heterocycles. The lowest BCUT2D eigenvalue weighted by Gasteiger charge is -2.12. The van der Waals surface area contributed by atoms with Gasteiger partial charge in [0.15, 0.2) is 0 Å². The summed E-state index contributed by atoms with van der Waals surface area (Å²) in [4.78, 5) is 0. The minimum absolute atomic E-state index is 0.448. The molecular formula is C6H14S4. The van der Waals surface area contributed by atoms with Crippen molar-refractivity contribution in [3.8, 4) is 0 Å². The van der Waals surface area contributed by atoms with Gasteiger partial charge in [-0.2, -0.15) is 0 Å². The third kappa shape index (κ3) is 4.01. The molecule has 0 fully saturated rings. The van der Waals surface area contributed by atoms with Crippen LogP contribution in [0.2, 0.25) is 0 Å². The molecule has 0 saturated carbocycles. The Morgan fingerprint density at radius 3 is 1.60 bits per heavy atom. The molecule has 0 aromatic rings. The van der Waals surface area contributed by atoms with Crippen LogP contribution < -0.4 is 0 Å². The third-order valence-corrected chi connectivity index (χ3v) is 9.47.